The Kier molecular flexibility index (Phi) is 5.80. The van der Waals surface area contributed by atoms with Crippen LogP contribution in [0.2, 0.25) is 0 Å². The van der Waals surface area contributed by atoms with Gasteiger partial charge in [-0.15, -0.1) is 0 Å². The highest BCUT2D eigenvalue weighted by Gasteiger charge is 2.21. The van der Waals surface area contributed by atoms with Gasteiger partial charge in [-0.25, -0.2) is 4.39 Å². The summed E-state index contributed by atoms with van der Waals surface area (Å²) >= 11 is 0. The Morgan fingerprint density at radius 3 is 2.26 bits per heavy atom. The average molecular weight is 266 g/mol. The van der Waals surface area contributed by atoms with E-state index in [1.165, 1.54) is 0 Å². The van der Waals surface area contributed by atoms with Gasteiger partial charge in [0.05, 0.1) is 5.69 Å². The Bertz CT molecular complexity index is 402. The highest BCUT2D eigenvalue weighted by atomic mass is 19.1. The fraction of sp³-hybridized carbons (Fsp3) is 0.625. The Morgan fingerprint density at radius 1 is 1.16 bits per heavy atom. The molecule has 0 aliphatic carbocycles. The molecule has 0 aliphatic heterocycles. The second-order valence-corrected chi connectivity index (χ2v) is 5.83. The lowest BCUT2D eigenvalue weighted by atomic mass is 10.0. The molecule has 0 aliphatic rings. The first-order valence-corrected chi connectivity index (χ1v) is 7.10. The number of halogens is 1. The molecule has 1 atom stereocenters. The quantitative estimate of drug-likeness (QED) is 0.838. The fourth-order valence-corrected chi connectivity index (χ4v) is 2.29. The first kappa shape index (κ1) is 16.0. The minimum absolute atomic E-state index is 0.131. The lowest BCUT2D eigenvalue weighted by molar-refractivity contribution is 0.540. The molecule has 0 spiro atoms. The van der Waals surface area contributed by atoms with Crippen molar-refractivity contribution < 1.29 is 4.39 Å². The first-order chi connectivity index (χ1) is 8.88. The third kappa shape index (κ3) is 3.93. The van der Waals surface area contributed by atoms with E-state index in [1.807, 2.05) is 13.1 Å². The number of nitrogens with one attached hydrogen (secondary N) is 1. The van der Waals surface area contributed by atoms with Crippen LogP contribution in [0.3, 0.4) is 0 Å². The predicted molar refractivity (Wildman–Crippen MR) is 81.2 cm³/mol. The van der Waals surface area contributed by atoms with Gasteiger partial charge in [0.15, 0.2) is 0 Å². The van der Waals surface area contributed by atoms with Crippen molar-refractivity contribution in [2.24, 2.45) is 5.92 Å². The van der Waals surface area contributed by atoms with E-state index in [9.17, 15) is 4.39 Å². The van der Waals surface area contributed by atoms with Crippen molar-refractivity contribution in [2.45, 2.75) is 46.7 Å². The first-order valence-electron chi connectivity index (χ1n) is 7.10. The van der Waals surface area contributed by atoms with Crippen LogP contribution in [0, 0.1) is 11.7 Å². The molecule has 0 heterocycles. The smallest absolute Gasteiger partial charge is 0.146 e. The van der Waals surface area contributed by atoms with Crippen LogP contribution in [0.1, 0.15) is 46.2 Å². The highest BCUT2D eigenvalue weighted by Crippen LogP contribution is 2.31. The number of rotatable bonds is 6. The topological polar surface area (TPSA) is 15.3 Å². The van der Waals surface area contributed by atoms with E-state index in [4.69, 9.17) is 0 Å². The summed E-state index contributed by atoms with van der Waals surface area (Å²) in [7, 11) is 1.90. The van der Waals surface area contributed by atoms with Gasteiger partial charge in [-0.05, 0) is 45.4 Å². The van der Waals surface area contributed by atoms with Crippen molar-refractivity contribution in [1.82, 2.24) is 5.32 Å². The summed E-state index contributed by atoms with van der Waals surface area (Å²) in [5.41, 5.74) is 1.77. The van der Waals surface area contributed by atoms with Gasteiger partial charge in [-0.3, -0.25) is 0 Å². The molecule has 0 fully saturated rings. The van der Waals surface area contributed by atoms with Gasteiger partial charge in [-0.2, -0.15) is 0 Å². The summed E-state index contributed by atoms with van der Waals surface area (Å²) in [5.74, 6) is 0.369. The summed E-state index contributed by atoms with van der Waals surface area (Å²) in [6.45, 7) is 11.5. The van der Waals surface area contributed by atoms with Crippen molar-refractivity contribution in [3.8, 4) is 0 Å². The lowest BCUT2D eigenvalue weighted by Gasteiger charge is -2.34. The van der Waals surface area contributed by atoms with E-state index in [0.717, 1.165) is 17.8 Å². The van der Waals surface area contributed by atoms with Crippen LogP contribution in [-0.2, 0) is 0 Å². The summed E-state index contributed by atoms with van der Waals surface area (Å²) in [6.07, 6.45) is 0. The zero-order chi connectivity index (χ0) is 14.6. The Balaban J connectivity index is 3.27. The van der Waals surface area contributed by atoms with Crippen molar-refractivity contribution in [2.75, 3.05) is 18.5 Å². The van der Waals surface area contributed by atoms with Gasteiger partial charge in [0.25, 0.3) is 0 Å². The van der Waals surface area contributed by atoms with E-state index in [2.05, 4.69) is 44.8 Å². The zero-order valence-electron chi connectivity index (χ0n) is 13.0. The second kappa shape index (κ2) is 6.90. The van der Waals surface area contributed by atoms with Gasteiger partial charge >= 0.3 is 0 Å². The molecule has 0 aromatic heterocycles. The molecule has 19 heavy (non-hydrogen) atoms. The van der Waals surface area contributed by atoms with Gasteiger partial charge in [0.1, 0.15) is 5.82 Å². The maximum Gasteiger partial charge on any atom is 0.146 e. The molecule has 1 aromatic carbocycles. The van der Waals surface area contributed by atoms with Gasteiger partial charge in [-0.1, -0.05) is 26.0 Å². The third-order valence-corrected chi connectivity index (χ3v) is 3.39. The van der Waals surface area contributed by atoms with Crippen LogP contribution < -0.4 is 10.2 Å². The maximum absolute atomic E-state index is 14.3. The third-order valence-electron chi connectivity index (χ3n) is 3.39. The van der Waals surface area contributed by atoms with Crippen molar-refractivity contribution >= 4 is 5.69 Å². The van der Waals surface area contributed by atoms with Crippen LogP contribution in [-0.4, -0.2) is 19.6 Å². The maximum atomic E-state index is 14.3. The SMILES string of the molecule is CNC(C)c1cccc(F)c1N(CC(C)C)C(C)C. The highest BCUT2D eigenvalue weighted by molar-refractivity contribution is 5.56. The van der Waals surface area contributed by atoms with E-state index < -0.39 is 0 Å². The summed E-state index contributed by atoms with van der Waals surface area (Å²) in [4.78, 5) is 2.17. The van der Waals surface area contributed by atoms with Crippen LogP contribution in [0.25, 0.3) is 0 Å². The Hall–Kier alpha value is -1.09. The number of anilines is 1. The molecule has 108 valence electrons. The van der Waals surface area contributed by atoms with Crippen LogP contribution in [0.4, 0.5) is 10.1 Å². The van der Waals surface area contributed by atoms with E-state index in [1.54, 1.807) is 12.1 Å². The van der Waals surface area contributed by atoms with Gasteiger partial charge in [0, 0.05) is 18.6 Å². The van der Waals surface area contributed by atoms with Gasteiger partial charge in [0.2, 0.25) is 0 Å². The largest absolute Gasteiger partial charge is 0.366 e. The van der Waals surface area contributed by atoms with Crippen LogP contribution in [0.5, 0.6) is 0 Å². The zero-order valence-corrected chi connectivity index (χ0v) is 13.0. The Morgan fingerprint density at radius 2 is 1.79 bits per heavy atom. The average Bonchev–Trinajstić information content (AvgIpc) is 2.34. The predicted octanol–water partition coefficient (Wildman–Crippen LogP) is 3.98. The van der Waals surface area contributed by atoms with E-state index in [0.29, 0.717) is 5.92 Å². The molecule has 0 saturated heterocycles. The molecule has 0 amide bonds. The number of nitrogens with zero attached hydrogens (tertiary/aromatic N) is 1. The molecule has 1 aromatic rings. The standard InChI is InChI=1S/C16H27FN2/c1-11(2)10-19(12(3)4)16-14(13(5)18-6)8-7-9-15(16)17/h7-9,11-13,18H,10H2,1-6H3. The van der Waals surface area contributed by atoms with Crippen molar-refractivity contribution in [1.29, 1.82) is 0 Å². The van der Waals surface area contributed by atoms with Crippen LogP contribution >= 0.6 is 0 Å². The minimum Gasteiger partial charge on any atom is -0.366 e. The molecule has 1 N–H and O–H groups in total. The number of hydrogen-bond acceptors (Lipinski definition) is 2. The van der Waals surface area contributed by atoms with E-state index in [-0.39, 0.29) is 17.9 Å². The second-order valence-electron chi connectivity index (χ2n) is 5.83. The van der Waals surface area contributed by atoms with Gasteiger partial charge < -0.3 is 10.2 Å². The molecule has 0 bridgehead atoms. The molecular formula is C16H27FN2. The monoisotopic (exact) mass is 266 g/mol. The molecule has 1 unspecified atom stereocenters. The normalized spacial score (nSPS) is 13.1. The molecule has 3 heteroatoms. The number of benzene rings is 1. The lowest BCUT2D eigenvalue weighted by Crippen LogP contribution is -2.36. The minimum atomic E-state index is -0.131. The molecular weight excluding hydrogens is 239 g/mol. The molecule has 0 radical (unpaired) electrons. The summed E-state index contributed by atoms with van der Waals surface area (Å²) in [5, 5.41) is 3.20. The number of para-hydroxylation sites is 1. The van der Waals surface area contributed by atoms with Crippen molar-refractivity contribution in [3.63, 3.8) is 0 Å². The van der Waals surface area contributed by atoms with Crippen molar-refractivity contribution in [3.05, 3.63) is 29.6 Å². The molecule has 1 rings (SSSR count). The summed E-state index contributed by atoms with van der Waals surface area (Å²) in [6, 6.07) is 5.77. The molecule has 0 saturated carbocycles. The summed E-state index contributed by atoms with van der Waals surface area (Å²) < 4.78 is 14.3. The fourth-order valence-electron chi connectivity index (χ4n) is 2.29. The Labute approximate surface area is 117 Å². The number of hydrogen-bond donors (Lipinski definition) is 1. The molecule has 2 nitrogen and oxygen atoms in total. The van der Waals surface area contributed by atoms with E-state index >= 15 is 0 Å². The van der Waals surface area contributed by atoms with Crippen LogP contribution in [0.15, 0.2) is 18.2 Å².